The second-order valence-electron chi connectivity index (χ2n) is 5.86. The van der Waals surface area contributed by atoms with Crippen LogP contribution in [0.1, 0.15) is 0 Å². The van der Waals surface area contributed by atoms with Crippen molar-refractivity contribution in [3.05, 3.63) is 82.5 Å². The summed E-state index contributed by atoms with van der Waals surface area (Å²) in [4.78, 5) is 29.2. The highest BCUT2D eigenvalue weighted by Gasteiger charge is 2.13. The molecular formula is C19H14ClN5O2. The van der Waals surface area contributed by atoms with E-state index in [2.05, 4.69) is 15.4 Å². The molecule has 27 heavy (non-hydrogen) atoms. The summed E-state index contributed by atoms with van der Waals surface area (Å²) >= 11 is 5.83. The summed E-state index contributed by atoms with van der Waals surface area (Å²) in [5, 5.41) is 7.89. The summed E-state index contributed by atoms with van der Waals surface area (Å²) in [6.45, 7) is -0.152. The number of carbonyl (C=O) groups excluding carboxylic acids is 1. The Balaban J connectivity index is 1.60. The number of hydrogen-bond donors (Lipinski definition) is 1. The molecule has 0 radical (unpaired) electrons. The highest BCUT2D eigenvalue weighted by atomic mass is 35.5. The van der Waals surface area contributed by atoms with E-state index in [0.717, 1.165) is 5.69 Å². The predicted molar refractivity (Wildman–Crippen MR) is 103 cm³/mol. The van der Waals surface area contributed by atoms with Gasteiger partial charge in [0, 0.05) is 10.7 Å². The smallest absolute Gasteiger partial charge is 0.264 e. The highest BCUT2D eigenvalue weighted by Crippen LogP contribution is 2.14. The second-order valence-corrected chi connectivity index (χ2v) is 6.30. The quantitative estimate of drug-likeness (QED) is 0.591. The number of anilines is 1. The molecule has 0 fully saturated rings. The minimum atomic E-state index is -0.337. The average Bonchev–Trinajstić information content (AvgIpc) is 3.11. The Bertz CT molecular complexity index is 1170. The van der Waals surface area contributed by atoms with Crippen LogP contribution in [0.4, 0.5) is 5.69 Å². The van der Waals surface area contributed by atoms with Gasteiger partial charge in [-0.1, -0.05) is 29.8 Å². The van der Waals surface area contributed by atoms with Gasteiger partial charge in [-0.2, -0.15) is 5.10 Å². The maximum atomic E-state index is 12.7. The fraction of sp³-hybridized carbons (Fsp3) is 0.0526. The number of rotatable bonds is 4. The van der Waals surface area contributed by atoms with Gasteiger partial charge in [0.1, 0.15) is 18.3 Å². The summed E-state index contributed by atoms with van der Waals surface area (Å²) < 4.78 is 2.85. The summed E-state index contributed by atoms with van der Waals surface area (Å²) in [7, 11) is 0. The van der Waals surface area contributed by atoms with Crippen LogP contribution in [0.3, 0.4) is 0 Å². The molecule has 0 saturated carbocycles. The number of carbonyl (C=O) groups is 1. The first-order chi connectivity index (χ1) is 13.1. The van der Waals surface area contributed by atoms with Crippen LogP contribution in [0.25, 0.3) is 16.7 Å². The number of nitrogens with zero attached hydrogens (tertiary/aromatic N) is 4. The SMILES string of the molecule is O=C(Cn1cnc2c(cnn2-c2ccccc2)c1=O)Nc1ccc(Cl)cc1. The van der Waals surface area contributed by atoms with Gasteiger partial charge >= 0.3 is 0 Å². The molecule has 134 valence electrons. The van der Waals surface area contributed by atoms with Crippen molar-refractivity contribution in [1.82, 2.24) is 19.3 Å². The first-order valence-corrected chi connectivity index (χ1v) is 8.53. The van der Waals surface area contributed by atoms with E-state index in [1.54, 1.807) is 28.9 Å². The standard InChI is InChI=1S/C19H14ClN5O2/c20-13-6-8-14(9-7-13)23-17(26)11-24-12-21-18-16(19(24)27)10-22-25(18)15-4-2-1-3-5-15/h1-10,12H,11H2,(H,23,26). The van der Waals surface area contributed by atoms with E-state index >= 15 is 0 Å². The molecule has 2 aromatic heterocycles. The minimum absolute atomic E-state index is 0.152. The van der Waals surface area contributed by atoms with Gasteiger partial charge in [0.2, 0.25) is 5.91 Å². The van der Waals surface area contributed by atoms with Gasteiger partial charge in [0.25, 0.3) is 5.56 Å². The lowest BCUT2D eigenvalue weighted by atomic mass is 10.3. The Labute approximate surface area is 158 Å². The fourth-order valence-corrected chi connectivity index (χ4v) is 2.83. The van der Waals surface area contributed by atoms with Gasteiger partial charge in [-0.3, -0.25) is 14.2 Å². The molecule has 0 saturated heterocycles. The van der Waals surface area contributed by atoms with Crippen molar-refractivity contribution in [2.24, 2.45) is 0 Å². The van der Waals surface area contributed by atoms with E-state index in [4.69, 9.17) is 11.6 Å². The van der Waals surface area contributed by atoms with Crippen LogP contribution < -0.4 is 10.9 Å². The lowest BCUT2D eigenvalue weighted by molar-refractivity contribution is -0.116. The Morgan fingerprint density at radius 2 is 1.81 bits per heavy atom. The number of para-hydroxylation sites is 1. The maximum Gasteiger partial charge on any atom is 0.264 e. The summed E-state index contributed by atoms with van der Waals surface area (Å²) in [6.07, 6.45) is 2.82. The molecule has 0 aliphatic carbocycles. The first-order valence-electron chi connectivity index (χ1n) is 8.16. The minimum Gasteiger partial charge on any atom is -0.325 e. The second kappa shape index (κ2) is 7.05. The third-order valence-corrected chi connectivity index (χ3v) is 4.25. The molecule has 0 aliphatic rings. The van der Waals surface area contributed by atoms with E-state index in [1.807, 2.05) is 30.3 Å². The molecular weight excluding hydrogens is 366 g/mol. The van der Waals surface area contributed by atoms with Crippen molar-refractivity contribution in [3.63, 3.8) is 0 Å². The molecule has 7 nitrogen and oxygen atoms in total. The van der Waals surface area contributed by atoms with Crippen molar-refractivity contribution in [1.29, 1.82) is 0 Å². The molecule has 8 heteroatoms. The normalized spacial score (nSPS) is 10.9. The molecule has 0 spiro atoms. The number of halogens is 1. The van der Waals surface area contributed by atoms with Gasteiger partial charge in [-0.25, -0.2) is 9.67 Å². The zero-order chi connectivity index (χ0) is 18.8. The Hall–Kier alpha value is -3.45. The van der Waals surface area contributed by atoms with Crippen LogP contribution in [0.15, 0.2) is 71.9 Å². The molecule has 1 N–H and O–H groups in total. The van der Waals surface area contributed by atoms with Crippen molar-refractivity contribution >= 4 is 34.2 Å². The first kappa shape index (κ1) is 17.0. The largest absolute Gasteiger partial charge is 0.325 e. The van der Waals surface area contributed by atoms with Gasteiger partial charge in [-0.05, 0) is 36.4 Å². The van der Waals surface area contributed by atoms with Crippen LogP contribution in [0, 0.1) is 0 Å². The molecule has 0 atom stereocenters. The zero-order valence-electron chi connectivity index (χ0n) is 14.0. The van der Waals surface area contributed by atoms with Gasteiger partial charge in [-0.15, -0.1) is 0 Å². The van der Waals surface area contributed by atoms with E-state index in [9.17, 15) is 9.59 Å². The molecule has 2 aromatic carbocycles. The van der Waals surface area contributed by atoms with Crippen LogP contribution in [-0.4, -0.2) is 25.2 Å². The third kappa shape index (κ3) is 3.45. The zero-order valence-corrected chi connectivity index (χ0v) is 14.8. The van der Waals surface area contributed by atoms with Crippen LogP contribution in [0.2, 0.25) is 5.02 Å². The summed E-state index contributed by atoms with van der Waals surface area (Å²) in [5.41, 5.74) is 1.52. The monoisotopic (exact) mass is 379 g/mol. The van der Waals surface area contributed by atoms with Crippen LogP contribution in [0.5, 0.6) is 0 Å². The lowest BCUT2D eigenvalue weighted by Crippen LogP contribution is -2.27. The molecule has 4 rings (SSSR count). The molecule has 0 aliphatic heterocycles. The molecule has 0 unspecified atom stereocenters. The maximum absolute atomic E-state index is 12.7. The highest BCUT2D eigenvalue weighted by molar-refractivity contribution is 6.30. The number of amides is 1. The van der Waals surface area contributed by atoms with Crippen LogP contribution >= 0.6 is 11.6 Å². The Morgan fingerprint density at radius 1 is 1.07 bits per heavy atom. The Kier molecular flexibility index (Phi) is 4.43. The lowest BCUT2D eigenvalue weighted by Gasteiger charge is -2.08. The third-order valence-electron chi connectivity index (χ3n) is 4.00. The molecule has 4 aromatic rings. The topological polar surface area (TPSA) is 81.8 Å². The summed E-state index contributed by atoms with van der Waals surface area (Å²) in [6, 6.07) is 16.1. The van der Waals surface area contributed by atoms with Gasteiger partial charge in [0.05, 0.1) is 11.9 Å². The van der Waals surface area contributed by atoms with E-state index in [1.165, 1.54) is 17.1 Å². The van der Waals surface area contributed by atoms with Crippen LogP contribution in [-0.2, 0) is 11.3 Å². The number of nitrogens with one attached hydrogen (secondary N) is 1. The molecule has 0 bridgehead atoms. The summed E-state index contributed by atoms with van der Waals surface area (Å²) in [5.74, 6) is -0.337. The fourth-order valence-electron chi connectivity index (χ4n) is 2.71. The Morgan fingerprint density at radius 3 is 2.56 bits per heavy atom. The van der Waals surface area contributed by atoms with E-state index in [-0.39, 0.29) is 18.0 Å². The number of aromatic nitrogens is 4. The van der Waals surface area contributed by atoms with Crippen molar-refractivity contribution in [3.8, 4) is 5.69 Å². The van der Waals surface area contributed by atoms with Gasteiger partial charge in [0.15, 0.2) is 5.65 Å². The van der Waals surface area contributed by atoms with Crippen molar-refractivity contribution in [2.45, 2.75) is 6.54 Å². The molecule has 1 amide bonds. The van der Waals surface area contributed by atoms with Crippen molar-refractivity contribution < 1.29 is 4.79 Å². The van der Waals surface area contributed by atoms with Crippen molar-refractivity contribution in [2.75, 3.05) is 5.32 Å². The number of benzene rings is 2. The number of fused-ring (bicyclic) bond motifs is 1. The van der Waals surface area contributed by atoms with E-state index in [0.29, 0.717) is 21.7 Å². The predicted octanol–water partition coefficient (Wildman–Crippen LogP) is 2.87. The van der Waals surface area contributed by atoms with Gasteiger partial charge < -0.3 is 5.32 Å². The van der Waals surface area contributed by atoms with E-state index < -0.39 is 0 Å². The average molecular weight is 380 g/mol. The number of hydrogen-bond acceptors (Lipinski definition) is 4. The molecule has 2 heterocycles.